The van der Waals surface area contributed by atoms with Gasteiger partial charge in [0.15, 0.2) is 0 Å². The molecule has 0 atom stereocenters. The molecule has 16 heavy (non-hydrogen) atoms. The molecule has 0 N–H and O–H groups in total. The molecule has 1 aromatic rings. The predicted molar refractivity (Wildman–Crippen MR) is 66.4 cm³/mol. The molecule has 0 spiro atoms. The van der Waals surface area contributed by atoms with Crippen LogP contribution < -0.4 is 0 Å². The van der Waals surface area contributed by atoms with E-state index in [0.29, 0.717) is 13.2 Å². The number of benzene rings is 1. The summed E-state index contributed by atoms with van der Waals surface area (Å²) < 4.78 is 11.3. The lowest BCUT2D eigenvalue weighted by Crippen LogP contribution is -2.31. The van der Waals surface area contributed by atoms with Gasteiger partial charge < -0.3 is 9.47 Å². The highest BCUT2D eigenvalue weighted by molar-refractivity contribution is 5.13. The molecule has 0 saturated carbocycles. The highest BCUT2D eigenvalue weighted by atomic mass is 16.5. The summed E-state index contributed by atoms with van der Waals surface area (Å²) in [6.07, 6.45) is 1.04. The van der Waals surface area contributed by atoms with Crippen molar-refractivity contribution < 1.29 is 9.47 Å². The van der Waals surface area contributed by atoms with E-state index in [2.05, 4.69) is 32.9 Å². The van der Waals surface area contributed by atoms with Crippen molar-refractivity contribution in [2.45, 2.75) is 39.4 Å². The molecule has 0 aromatic heterocycles. The van der Waals surface area contributed by atoms with Crippen LogP contribution in [0.15, 0.2) is 30.3 Å². The smallest absolute Gasteiger partial charge is 0.0859 e. The molecule has 0 unspecified atom stereocenters. The molecule has 1 rings (SSSR count). The highest BCUT2D eigenvalue weighted by Crippen LogP contribution is 2.11. The van der Waals surface area contributed by atoms with Crippen LogP contribution in [0.4, 0.5) is 0 Å². The van der Waals surface area contributed by atoms with Gasteiger partial charge in [0, 0.05) is 6.61 Å². The zero-order valence-electron chi connectivity index (χ0n) is 10.5. The second-order valence-electron chi connectivity index (χ2n) is 4.59. The van der Waals surface area contributed by atoms with Gasteiger partial charge in [-0.15, -0.1) is 0 Å². The van der Waals surface area contributed by atoms with E-state index >= 15 is 0 Å². The molecule has 90 valence electrons. The van der Waals surface area contributed by atoms with E-state index in [-0.39, 0.29) is 5.60 Å². The lowest BCUT2D eigenvalue weighted by atomic mass is 10.1. The Balaban J connectivity index is 2.24. The molecule has 2 nitrogen and oxygen atoms in total. The lowest BCUT2D eigenvalue weighted by molar-refractivity contribution is -0.0786. The van der Waals surface area contributed by atoms with Gasteiger partial charge in [-0.1, -0.05) is 37.3 Å². The third-order valence-electron chi connectivity index (χ3n) is 2.26. The molecule has 0 aliphatic rings. The van der Waals surface area contributed by atoms with Crippen LogP contribution in [0.5, 0.6) is 0 Å². The van der Waals surface area contributed by atoms with Crippen LogP contribution in [0.1, 0.15) is 32.8 Å². The SMILES string of the molecule is CCCOC(C)(C)COCc1ccccc1. The molecule has 0 radical (unpaired) electrons. The molecule has 0 saturated heterocycles. The van der Waals surface area contributed by atoms with Gasteiger partial charge in [-0.05, 0) is 25.8 Å². The van der Waals surface area contributed by atoms with Crippen LogP contribution in [-0.2, 0) is 16.1 Å². The second kappa shape index (κ2) is 6.66. The molecular weight excluding hydrogens is 200 g/mol. The van der Waals surface area contributed by atoms with Gasteiger partial charge >= 0.3 is 0 Å². The van der Waals surface area contributed by atoms with Crippen molar-refractivity contribution in [3.63, 3.8) is 0 Å². The average Bonchev–Trinajstić information content (AvgIpc) is 2.28. The van der Waals surface area contributed by atoms with Crippen molar-refractivity contribution in [1.82, 2.24) is 0 Å². The van der Waals surface area contributed by atoms with E-state index in [0.717, 1.165) is 13.0 Å². The Kier molecular flexibility index (Phi) is 5.50. The minimum atomic E-state index is -0.190. The first-order valence-corrected chi connectivity index (χ1v) is 5.90. The molecular formula is C14H22O2. The average molecular weight is 222 g/mol. The zero-order valence-corrected chi connectivity index (χ0v) is 10.5. The van der Waals surface area contributed by atoms with Gasteiger partial charge in [0.05, 0.1) is 18.8 Å². The van der Waals surface area contributed by atoms with Crippen LogP contribution in [-0.4, -0.2) is 18.8 Å². The van der Waals surface area contributed by atoms with E-state index in [9.17, 15) is 0 Å². The number of hydrogen-bond donors (Lipinski definition) is 0. The minimum Gasteiger partial charge on any atom is -0.374 e. The van der Waals surface area contributed by atoms with Gasteiger partial charge in [-0.2, -0.15) is 0 Å². The molecule has 2 heteroatoms. The third-order valence-corrected chi connectivity index (χ3v) is 2.26. The summed E-state index contributed by atoms with van der Waals surface area (Å²) in [6.45, 7) is 8.31. The standard InChI is InChI=1S/C14H22O2/c1-4-10-16-14(2,3)12-15-11-13-8-6-5-7-9-13/h5-9H,4,10-12H2,1-3H3. The van der Waals surface area contributed by atoms with Crippen molar-refractivity contribution in [3.8, 4) is 0 Å². The molecule has 0 heterocycles. The quantitative estimate of drug-likeness (QED) is 0.704. The topological polar surface area (TPSA) is 18.5 Å². The van der Waals surface area contributed by atoms with Crippen LogP contribution in [0.3, 0.4) is 0 Å². The fraction of sp³-hybridized carbons (Fsp3) is 0.571. The first-order valence-electron chi connectivity index (χ1n) is 5.90. The van der Waals surface area contributed by atoms with Gasteiger partial charge in [0.2, 0.25) is 0 Å². The maximum atomic E-state index is 5.69. The number of ether oxygens (including phenoxy) is 2. The maximum Gasteiger partial charge on any atom is 0.0859 e. The van der Waals surface area contributed by atoms with Crippen LogP contribution >= 0.6 is 0 Å². The Hall–Kier alpha value is -0.860. The summed E-state index contributed by atoms with van der Waals surface area (Å²) in [4.78, 5) is 0. The largest absolute Gasteiger partial charge is 0.374 e. The third kappa shape index (κ3) is 5.29. The summed E-state index contributed by atoms with van der Waals surface area (Å²) in [6, 6.07) is 10.2. The summed E-state index contributed by atoms with van der Waals surface area (Å²) in [7, 11) is 0. The number of hydrogen-bond acceptors (Lipinski definition) is 2. The Bertz CT molecular complexity index is 280. The fourth-order valence-corrected chi connectivity index (χ4v) is 1.41. The van der Waals surface area contributed by atoms with Crippen LogP contribution in [0, 0.1) is 0 Å². The first-order chi connectivity index (χ1) is 7.64. The molecule has 0 amide bonds. The summed E-state index contributed by atoms with van der Waals surface area (Å²) in [5, 5.41) is 0. The van der Waals surface area contributed by atoms with Crippen molar-refractivity contribution in [2.24, 2.45) is 0 Å². The Morgan fingerprint density at radius 2 is 1.81 bits per heavy atom. The van der Waals surface area contributed by atoms with Crippen molar-refractivity contribution in [2.75, 3.05) is 13.2 Å². The zero-order chi connectivity index (χ0) is 11.9. The minimum absolute atomic E-state index is 0.190. The van der Waals surface area contributed by atoms with Gasteiger partial charge in [-0.25, -0.2) is 0 Å². The molecule has 1 aromatic carbocycles. The van der Waals surface area contributed by atoms with Crippen molar-refractivity contribution >= 4 is 0 Å². The normalized spacial score (nSPS) is 11.7. The Labute approximate surface area is 98.6 Å². The van der Waals surface area contributed by atoms with Crippen LogP contribution in [0.2, 0.25) is 0 Å². The van der Waals surface area contributed by atoms with E-state index in [1.807, 2.05) is 18.2 Å². The van der Waals surface area contributed by atoms with Crippen molar-refractivity contribution in [1.29, 1.82) is 0 Å². The Morgan fingerprint density at radius 3 is 2.44 bits per heavy atom. The fourth-order valence-electron chi connectivity index (χ4n) is 1.41. The highest BCUT2D eigenvalue weighted by Gasteiger charge is 2.17. The molecule has 0 aliphatic carbocycles. The molecule has 0 aliphatic heterocycles. The molecule has 0 fully saturated rings. The summed E-state index contributed by atoms with van der Waals surface area (Å²) in [5.41, 5.74) is 1.01. The lowest BCUT2D eigenvalue weighted by Gasteiger charge is -2.24. The monoisotopic (exact) mass is 222 g/mol. The van der Waals surface area contributed by atoms with E-state index in [1.165, 1.54) is 5.56 Å². The van der Waals surface area contributed by atoms with Gasteiger partial charge in [0.1, 0.15) is 0 Å². The maximum absolute atomic E-state index is 5.69. The second-order valence-corrected chi connectivity index (χ2v) is 4.59. The van der Waals surface area contributed by atoms with E-state index in [1.54, 1.807) is 0 Å². The summed E-state index contributed by atoms with van der Waals surface area (Å²) in [5.74, 6) is 0. The van der Waals surface area contributed by atoms with Crippen molar-refractivity contribution in [3.05, 3.63) is 35.9 Å². The van der Waals surface area contributed by atoms with E-state index < -0.39 is 0 Å². The summed E-state index contributed by atoms with van der Waals surface area (Å²) >= 11 is 0. The first kappa shape index (κ1) is 13.2. The van der Waals surface area contributed by atoms with E-state index in [4.69, 9.17) is 9.47 Å². The number of rotatable bonds is 7. The van der Waals surface area contributed by atoms with Gasteiger partial charge in [0.25, 0.3) is 0 Å². The predicted octanol–water partition coefficient (Wildman–Crippen LogP) is 3.41. The van der Waals surface area contributed by atoms with Crippen LogP contribution in [0.25, 0.3) is 0 Å². The Morgan fingerprint density at radius 1 is 1.12 bits per heavy atom. The molecule has 0 bridgehead atoms. The van der Waals surface area contributed by atoms with Gasteiger partial charge in [-0.3, -0.25) is 0 Å².